The van der Waals surface area contributed by atoms with E-state index in [9.17, 15) is 26.7 Å². The van der Waals surface area contributed by atoms with Gasteiger partial charge in [-0.05, 0) is 90.8 Å². The minimum absolute atomic E-state index is 0.0407. The molecule has 1 aliphatic heterocycles. The topological polar surface area (TPSA) is 89.9 Å². The van der Waals surface area contributed by atoms with Gasteiger partial charge in [0.05, 0.1) is 55.7 Å². The fourth-order valence-electron chi connectivity index (χ4n) is 9.23. The van der Waals surface area contributed by atoms with Gasteiger partial charge in [-0.2, -0.15) is 13.2 Å². The monoisotopic (exact) mass is 867 g/mol. The number of esters is 1. The van der Waals surface area contributed by atoms with Gasteiger partial charge in [-0.3, -0.25) is 9.78 Å². The number of nitrogens with zero attached hydrogens (tertiary/aromatic N) is 5. The third-order valence-electron chi connectivity index (χ3n) is 12.6. The first-order valence-electron chi connectivity index (χ1n) is 21.3. The highest BCUT2D eigenvalue weighted by Gasteiger charge is 2.44. The molecule has 4 aromatic rings. The summed E-state index contributed by atoms with van der Waals surface area (Å²) in [4.78, 5) is 29.7. The fourth-order valence-corrected chi connectivity index (χ4v) is 9.23. The van der Waals surface area contributed by atoms with Crippen LogP contribution in [-0.2, 0) is 33.5 Å². The summed E-state index contributed by atoms with van der Waals surface area (Å²) in [6.45, 7) is 7.58. The Morgan fingerprint density at radius 2 is 1.58 bits per heavy atom. The highest BCUT2D eigenvalue weighted by atomic mass is 19.4. The van der Waals surface area contributed by atoms with Crippen LogP contribution in [0.4, 0.5) is 38.0 Å². The van der Waals surface area contributed by atoms with Crippen molar-refractivity contribution in [2.75, 3.05) is 50.2 Å². The molecule has 3 heterocycles. The van der Waals surface area contributed by atoms with E-state index in [4.69, 9.17) is 19.2 Å². The normalized spacial score (nSPS) is 19.7. The number of fused-ring (bicyclic) bond motifs is 1. The Balaban J connectivity index is 1.28. The second kappa shape index (κ2) is 18.4. The molecule has 1 saturated heterocycles. The molecule has 0 spiro atoms. The molecule has 1 saturated carbocycles. The van der Waals surface area contributed by atoms with Gasteiger partial charge in [-0.1, -0.05) is 38.1 Å². The number of benzene rings is 2. The zero-order chi connectivity index (χ0) is 44.4. The molecule has 2 aliphatic carbocycles. The molecular weight excluding hydrogens is 813 g/mol. The van der Waals surface area contributed by atoms with Crippen LogP contribution in [0.1, 0.15) is 135 Å². The van der Waals surface area contributed by atoms with Crippen molar-refractivity contribution >= 4 is 17.6 Å². The molecule has 7 rings (SSSR count). The Hall–Kier alpha value is -4.92. The van der Waals surface area contributed by atoms with E-state index in [1.165, 1.54) is 19.1 Å². The first-order valence-corrected chi connectivity index (χ1v) is 21.3. The number of anilines is 2. The summed E-state index contributed by atoms with van der Waals surface area (Å²) in [6.07, 6.45) is -1.87. The van der Waals surface area contributed by atoms with Crippen LogP contribution in [-0.4, -0.2) is 67.2 Å². The van der Waals surface area contributed by atoms with Crippen molar-refractivity contribution in [3.05, 3.63) is 106 Å². The lowest BCUT2D eigenvalue weighted by Gasteiger charge is -2.42. The predicted octanol–water partition coefficient (Wildman–Crippen LogP) is 10.9. The summed E-state index contributed by atoms with van der Waals surface area (Å²) in [5.74, 6) is -2.69. The number of aromatic nitrogens is 3. The van der Waals surface area contributed by atoms with Crippen LogP contribution in [0, 0.1) is 5.41 Å². The number of likely N-dealkylation sites (N-methyl/N-ethyl adjacent to an activating group) is 1. The summed E-state index contributed by atoms with van der Waals surface area (Å²) >= 11 is 0. The summed E-state index contributed by atoms with van der Waals surface area (Å²) in [5.41, 5.74) is 3.43. The van der Waals surface area contributed by atoms with Crippen LogP contribution in [0.25, 0.3) is 0 Å². The first-order chi connectivity index (χ1) is 29.4. The van der Waals surface area contributed by atoms with Crippen LogP contribution in [0.3, 0.4) is 0 Å². The van der Waals surface area contributed by atoms with Crippen molar-refractivity contribution in [2.45, 2.75) is 115 Å². The molecule has 62 heavy (non-hydrogen) atoms. The Labute approximate surface area is 359 Å². The number of piperidine rings is 1. The van der Waals surface area contributed by atoms with E-state index in [0.29, 0.717) is 68.3 Å². The number of rotatable bonds is 13. The van der Waals surface area contributed by atoms with E-state index in [-0.39, 0.29) is 67.3 Å². The average Bonchev–Trinajstić information content (AvgIpc) is 3.24. The summed E-state index contributed by atoms with van der Waals surface area (Å²) < 4.78 is 106. The lowest BCUT2D eigenvalue weighted by Crippen LogP contribution is -2.36. The number of carbonyl (C=O) groups excluding carboxylic acids is 1. The highest BCUT2D eigenvalue weighted by Crippen LogP contribution is 2.53. The molecule has 15 heteroatoms. The smallest absolute Gasteiger partial charge is 0.416 e. The second-order valence-corrected chi connectivity index (χ2v) is 17.8. The van der Waals surface area contributed by atoms with Crippen LogP contribution in [0.5, 0.6) is 5.75 Å². The molecule has 2 atom stereocenters. The lowest BCUT2D eigenvalue weighted by molar-refractivity contribution is -0.140. The lowest BCUT2D eigenvalue weighted by atomic mass is 9.68. The molecule has 2 aromatic carbocycles. The molecule has 334 valence electrons. The maximum atomic E-state index is 17.8. The molecule has 2 fully saturated rings. The average molecular weight is 868 g/mol. The third-order valence-corrected chi connectivity index (χ3v) is 12.6. The van der Waals surface area contributed by atoms with E-state index in [0.717, 1.165) is 34.6 Å². The van der Waals surface area contributed by atoms with Crippen LogP contribution < -0.4 is 14.5 Å². The molecule has 0 bridgehead atoms. The van der Waals surface area contributed by atoms with Gasteiger partial charge in [0.15, 0.2) is 6.17 Å². The summed E-state index contributed by atoms with van der Waals surface area (Å²) in [7, 11) is 3.44. The van der Waals surface area contributed by atoms with Crippen LogP contribution >= 0.6 is 0 Å². The maximum absolute atomic E-state index is 17.8. The van der Waals surface area contributed by atoms with Crippen LogP contribution in [0.2, 0.25) is 0 Å². The highest BCUT2D eigenvalue weighted by molar-refractivity contribution is 5.66. The molecule has 0 N–H and O–H groups in total. The summed E-state index contributed by atoms with van der Waals surface area (Å²) in [5, 5.41) is 0. The summed E-state index contributed by atoms with van der Waals surface area (Å²) in [6, 6.07) is 11.6. The minimum atomic E-state index is -4.61. The largest absolute Gasteiger partial charge is 0.497 e. The Bertz CT molecular complexity index is 2150. The van der Waals surface area contributed by atoms with Crippen molar-refractivity contribution in [1.82, 2.24) is 15.0 Å². The number of pyridine rings is 1. The van der Waals surface area contributed by atoms with Gasteiger partial charge in [0, 0.05) is 62.6 Å². The second-order valence-electron chi connectivity index (χ2n) is 17.8. The van der Waals surface area contributed by atoms with Crippen molar-refractivity contribution < 1.29 is 45.3 Å². The molecule has 2 unspecified atom stereocenters. The SMILES string of the molecule is COc1ccc(COC2CC(C)(C)Cc3nc(C4CCN(c5ncc(N(C)CCOC(C)=O)cn5)CC4)c(C(F)c4ccc(C(F)(F)F)cc4)c(C4CCC(F)(F)CC4)c32)cc1. The number of hydrogen-bond donors (Lipinski definition) is 0. The van der Waals surface area contributed by atoms with Crippen molar-refractivity contribution in [3.63, 3.8) is 0 Å². The number of methoxy groups -OCH3 is 1. The number of halogens is 6. The van der Waals surface area contributed by atoms with Crippen molar-refractivity contribution in [2.24, 2.45) is 5.41 Å². The molecule has 0 amide bonds. The van der Waals surface area contributed by atoms with Crippen molar-refractivity contribution in [1.29, 1.82) is 0 Å². The third kappa shape index (κ3) is 10.5. The number of hydrogen-bond acceptors (Lipinski definition) is 9. The molecule has 2 aromatic heterocycles. The number of ether oxygens (including phenoxy) is 3. The quantitative estimate of drug-likeness (QED) is 0.0962. The van der Waals surface area contributed by atoms with E-state index in [2.05, 4.69) is 28.7 Å². The Kier molecular flexibility index (Phi) is 13.4. The van der Waals surface area contributed by atoms with Gasteiger partial charge in [0.1, 0.15) is 12.4 Å². The zero-order valence-corrected chi connectivity index (χ0v) is 35.9. The van der Waals surface area contributed by atoms with E-state index in [1.807, 2.05) is 36.2 Å². The zero-order valence-electron chi connectivity index (χ0n) is 35.9. The van der Waals surface area contributed by atoms with E-state index >= 15 is 4.39 Å². The number of alkyl halides is 6. The Morgan fingerprint density at radius 1 is 0.935 bits per heavy atom. The molecule has 3 aliphatic rings. The van der Waals surface area contributed by atoms with Gasteiger partial charge in [0.25, 0.3) is 0 Å². The number of carbonyl (C=O) groups is 1. The molecular formula is C47H55F6N5O4. The predicted molar refractivity (Wildman–Crippen MR) is 224 cm³/mol. The standard InChI is InChI=1S/C47H55F6N5O4/c1-29(59)61-23-22-57(4)35-26-54-44(55-27-35)58-20-16-33(17-21-58)43-41(42(48)32-8-10-34(11-9-32)47(51,52)53)39(31-14-18-46(49,50)19-15-31)40-37(56-43)24-45(2,3)25-38(40)62-28-30-6-12-36(60-5)13-7-30/h6-13,26-27,31,33,38,42H,14-25,28H2,1-5H3. The van der Waals surface area contributed by atoms with E-state index in [1.54, 1.807) is 19.5 Å². The van der Waals surface area contributed by atoms with Crippen molar-refractivity contribution in [3.8, 4) is 5.75 Å². The van der Waals surface area contributed by atoms with Crippen LogP contribution in [0.15, 0.2) is 60.9 Å². The van der Waals surface area contributed by atoms with Gasteiger partial charge in [0.2, 0.25) is 11.9 Å². The molecule has 0 radical (unpaired) electrons. The Morgan fingerprint density at radius 3 is 2.18 bits per heavy atom. The van der Waals surface area contributed by atoms with Gasteiger partial charge < -0.3 is 24.0 Å². The van der Waals surface area contributed by atoms with Gasteiger partial charge in [-0.15, -0.1) is 0 Å². The maximum Gasteiger partial charge on any atom is 0.416 e. The fraction of sp³-hybridized carbons (Fsp3) is 0.532. The minimum Gasteiger partial charge on any atom is -0.497 e. The molecule has 9 nitrogen and oxygen atoms in total. The van der Waals surface area contributed by atoms with E-state index < -0.39 is 35.9 Å². The van der Waals surface area contributed by atoms with Gasteiger partial charge >= 0.3 is 12.1 Å². The first kappa shape index (κ1) is 45.1. The van der Waals surface area contributed by atoms with Gasteiger partial charge in [-0.25, -0.2) is 23.1 Å².